The molecular weight excluding hydrogens is 352 g/mol. The predicted octanol–water partition coefficient (Wildman–Crippen LogP) is 2.56. The van der Waals surface area contributed by atoms with Crippen LogP contribution < -0.4 is 14.8 Å². The monoisotopic (exact) mass is 378 g/mol. The summed E-state index contributed by atoms with van der Waals surface area (Å²) in [6.45, 7) is 7.86. The van der Waals surface area contributed by atoms with Crippen LogP contribution in [0.1, 0.15) is 17.4 Å². The molecular formula is C19H27ClN4O2. The van der Waals surface area contributed by atoms with E-state index in [0.29, 0.717) is 6.61 Å². The maximum absolute atomic E-state index is 5.64. The highest BCUT2D eigenvalue weighted by atomic mass is 35.5. The number of imidazole rings is 1. The molecule has 0 bridgehead atoms. The van der Waals surface area contributed by atoms with Crippen molar-refractivity contribution in [3.05, 3.63) is 54.6 Å². The van der Waals surface area contributed by atoms with E-state index in [4.69, 9.17) is 9.47 Å². The number of hydrogen-bond acceptors (Lipinski definition) is 5. The first-order chi connectivity index (χ1) is 12.2. The minimum atomic E-state index is 0. The van der Waals surface area contributed by atoms with Crippen LogP contribution in [-0.4, -0.2) is 47.8 Å². The van der Waals surface area contributed by atoms with Crippen LogP contribution in [0.15, 0.2) is 43.2 Å². The van der Waals surface area contributed by atoms with Crippen molar-refractivity contribution in [1.29, 1.82) is 0 Å². The Morgan fingerprint density at radius 3 is 2.92 bits per heavy atom. The third kappa shape index (κ3) is 4.58. The van der Waals surface area contributed by atoms with E-state index in [1.807, 2.05) is 25.5 Å². The molecule has 1 aliphatic heterocycles. The zero-order valence-corrected chi connectivity index (χ0v) is 16.2. The molecule has 0 saturated carbocycles. The molecule has 2 aromatic rings. The van der Waals surface area contributed by atoms with E-state index in [1.165, 1.54) is 5.56 Å². The molecule has 1 saturated heterocycles. The average Bonchev–Trinajstić information content (AvgIpc) is 3.06. The lowest BCUT2D eigenvalue weighted by atomic mass is 10.1. The second-order valence-corrected chi connectivity index (χ2v) is 6.17. The van der Waals surface area contributed by atoms with Crippen LogP contribution in [-0.2, 0) is 13.6 Å². The summed E-state index contributed by atoms with van der Waals surface area (Å²) >= 11 is 0. The first kappa shape index (κ1) is 20.3. The normalized spacial score (nSPS) is 17.4. The standard InChI is InChI=1S/C19H26N4O2.ClH/c1-4-11-25-17-6-5-15(12-18(17)24-3)14-23-10-7-20-13-16(23)19-21-8-9-22(19)2;/h4-6,8-9,12,16,20H,1,7,10-11,13-14H2,2-3H3;1H. The largest absolute Gasteiger partial charge is 0.493 e. The molecule has 142 valence electrons. The number of piperazine rings is 1. The van der Waals surface area contributed by atoms with Crippen LogP contribution in [0, 0.1) is 0 Å². The molecule has 0 spiro atoms. The predicted molar refractivity (Wildman–Crippen MR) is 105 cm³/mol. The molecule has 26 heavy (non-hydrogen) atoms. The number of nitrogens with zero attached hydrogens (tertiary/aromatic N) is 3. The Morgan fingerprint density at radius 2 is 2.23 bits per heavy atom. The number of nitrogens with one attached hydrogen (secondary N) is 1. The maximum atomic E-state index is 5.64. The van der Waals surface area contributed by atoms with E-state index in [0.717, 1.165) is 43.5 Å². The third-order valence-corrected chi connectivity index (χ3v) is 4.48. The highest BCUT2D eigenvalue weighted by molar-refractivity contribution is 5.85. The summed E-state index contributed by atoms with van der Waals surface area (Å²) in [5.41, 5.74) is 1.20. The van der Waals surface area contributed by atoms with E-state index in [-0.39, 0.29) is 18.4 Å². The Morgan fingerprint density at radius 1 is 1.38 bits per heavy atom. The number of hydrogen-bond donors (Lipinski definition) is 1. The van der Waals surface area contributed by atoms with E-state index < -0.39 is 0 Å². The van der Waals surface area contributed by atoms with Crippen LogP contribution in [0.2, 0.25) is 0 Å². The summed E-state index contributed by atoms with van der Waals surface area (Å²) in [5.74, 6) is 2.58. The van der Waals surface area contributed by atoms with E-state index in [2.05, 4.69) is 38.5 Å². The fraction of sp³-hybridized carbons (Fsp3) is 0.421. The number of aromatic nitrogens is 2. The molecule has 7 heteroatoms. The van der Waals surface area contributed by atoms with Crippen LogP contribution in [0.3, 0.4) is 0 Å². The molecule has 6 nitrogen and oxygen atoms in total. The summed E-state index contributed by atoms with van der Waals surface area (Å²) in [5, 5.41) is 3.47. The Bertz CT molecular complexity index is 719. The molecule has 1 aliphatic rings. The second kappa shape index (κ2) is 9.62. The van der Waals surface area contributed by atoms with Gasteiger partial charge in [-0.3, -0.25) is 4.90 Å². The lowest BCUT2D eigenvalue weighted by Crippen LogP contribution is -2.46. The zero-order valence-electron chi connectivity index (χ0n) is 15.4. The highest BCUT2D eigenvalue weighted by Crippen LogP contribution is 2.30. The van der Waals surface area contributed by atoms with Gasteiger partial charge in [-0.1, -0.05) is 18.7 Å². The van der Waals surface area contributed by atoms with Gasteiger partial charge in [0.1, 0.15) is 12.4 Å². The molecule has 0 aliphatic carbocycles. The fourth-order valence-corrected chi connectivity index (χ4v) is 3.20. The van der Waals surface area contributed by atoms with Gasteiger partial charge in [-0.2, -0.15) is 0 Å². The molecule has 2 heterocycles. The smallest absolute Gasteiger partial charge is 0.161 e. The van der Waals surface area contributed by atoms with Gasteiger partial charge in [0.05, 0.1) is 13.2 Å². The molecule has 1 fully saturated rings. The first-order valence-electron chi connectivity index (χ1n) is 8.55. The quantitative estimate of drug-likeness (QED) is 0.750. The third-order valence-electron chi connectivity index (χ3n) is 4.48. The number of benzene rings is 1. The van der Waals surface area contributed by atoms with Crippen molar-refractivity contribution < 1.29 is 9.47 Å². The van der Waals surface area contributed by atoms with E-state index in [1.54, 1.807) is 13.2 Å². The van der Waals surface area contributed by atoms with Crippen molar-refractivity contribution in [3.8, 4) is 11.5 Å². The van der Waals surface area contributed by atoms with Crippen molar-refractivity contribution in [2.45, 2.75) is 12.6 Å². The van der Waals surface area contributed by atoms with Gasteiger partial charge >= 0.3 is 0 Å². The number of aryl methyl sites for hydroxylation is 1. The minimum absolute atomic E-state index is 0. The number of halogens is 1. The van der Waals surface area contributed by atoms with Crippen LogP contribution >= 0.6 is 12.4 Å². The summed E-state index contributed by atoms with van der Waals surface area (Å²) < 4.78 is 13.2. The van der Waals surface area contributed by atoms with Crippen molar-refractivity contribution in [1.82, 2.24) is 19.8 Å². The van der Waals surface area contributed by atoms with E-state index >= 15 is 0 Å². The van der Waals surface area contributed by atoms with Gasteiger partial charge in [-0.05, 0) is 17.7 Å². The Balaban J connectivity index is 0.00000243. The molecule has 1 aromatic heterocycles. The fourth-order valence-electron chi connectivity index (χ4n) is 3.20. The average molecular weight is 379 g/mol. The summed E-state index contributed by atoms with van der Waals surface area (Å²) in [7, 11) is 3.71. The van der Waals surface area contributed by atoms with E-state index in [9.17, 15) is 0 Å². The molecule has 0 radical (unpaired) electrons. The molecule has 0 amide bonds. The first-order valence-corrected chi connectivity index (χ1v) is 8.55. The highest BCUT2D eigenvalue weighted by Gasteiger charge is 2.26. The number of ether oxygens (including phenoxy) is 2. The van der Waals surface area contributed by atoms with Gasteiger partial charge < -0.3 is 19.4 Å². The summed E-state index contributed by atoms with van der Waals surface area (Å²) in [4.78, 5) is 7.00. The van der Waals surface area contributed by atoms with Crippen LogP contribution in [0.25, 0.3) is 0 Å². The SMILES string of the molecule is C=CCOc1ccc(CN2CCNCC2c2nccn2C)cc1OC.Cl. The van der Waals surface area contributed by atoms with Crippen molar-refractivity contribution >= 4 is 12.4 Å². The van der Waals surface area contributed by atoms with Gasteiger partial charge in [0.15, 0.2) is 11.5 Å². The molecule has 1 aromatic carbocycles. The maximum Gasteiger partial charge on any atom is 0.161 e. The lowest BCUT2D eigenvalue weighted by Gasteiger charge is -2.35. The zero-order chi connectivity index (χ0) is 17.6. The second-order valence-electron chi connectivity index (χ2n) is 6.17. The summed E-state index contributed by atoms with van der Waals surface area (Å²) in [6, 6.07) is 6.38. The van der Waals surface area contributed by atoms with Crippen molar-refractivity contribution in [2.75, 3.05) is 33.4 Å². The Kier molecular flexibility index (Phi) is 7.50. The van der Waals surface area contributed by atoms with Crippen LogP contribution in [0.4, 0.5) is 0 Å². The van der Waals surface area contributed by atoms with Gasteiger partial charge in [-0.25, -0.2) is 4.98 Å². The molecule has 1 unspecified atom stereocenters. The summed E-state index contributed by atoms with van der Waals surface area (Å²) in [6.07, 6.45) is 5.58. The lowest BCUT2D eigenvalue weighted by molar-refractivity contribution is 0.144. The molecule has 3 rings (SSSR count). The van der Waals surface area contributed by atoms with Crippen LogP contribution in [0.5, 0.6) is 11.5 Å². The molecule has 1 N–H and O–H groups in total. The minimum Gasteiger partial charge on any atom is -0.493 e. The topological polar surface area (TPSA) is 51.5 Å². The molecule has 1 atom stereocenters. The number of methoxy groups -OCH3 is 1. The van der Waals surface area contributed by atoms with Gasteiger partial charge in [0.2, 0.25) is 0 Å². The van der Waals surface area contributed by atoms with Gasteiger partial charge in [0, 0.05) is 45.6 Å². The van der Waals surface area contributed by atoms with Crippen molar-refractivity contribution in [2.24, 2.45) is 7.05 Å². The van der Waals surface area contributed by atoms with Gasteiger partial charge in [-0.15, -0.1) is 12.4 Å². The Hall–Kier alpha value is -2.02. The Labute approximate surface area is 161 Å². The van der Waals surface area contributed by atoms with Gasteiger partial charge in [0.25, 0.3) is 0 Å². The number of rotatable bonds is 7. The van der Waals surface area contributed by atoms with Crippen molar-refractivity contribution in [3.63, 3.8) is 0 Å².